The molecule has 0 unspecified atom stereocenters. The largest absolute Gasteiger partial charge is 1.00 e. The number of nitrogens with zero attached hydrogens (tertiary/aromatic N) is 1. The monoisotopic (exact) mass is 273 g/mol. The van der Waals surface area contributed by atoms with Gasteiger partial charge in [-0.15, -0.1) is 0 Å². The van der Waals surface area contributed by atoms with E-state index >= 15 is 0 Å². The van der Waals surface area contributed by atoms with E-state index in [0.29, 0.717) is 6.54 Å². The molecule has 0 saturated carbocycles. The molecule has 0 bridgehead atoms. The molecule has 0 radical (unpaired) electrons. The summed E-state index contributed by atoms with van der Waals surface area (Å²) in [6.45, 7) is 0.568. The molecule has 2 aromatic rings. The lowest BCUT2D eigenvalue weighted by molar-refractivity contribution is -0.688. The van der Waals surface area contributed by atoms with Crippen molar-refractivity contribution in [3.63, 3.8) is 0 Å². The molecule has 0 aliphatic rings. The molecule has 1 nitrogen and oxygen atoms in total. The number of benzene rings is 1. The zero-order chi connectivity index (χ0) is 12.3. The fraction of sp³-hybridized carbons (Fsp3) is 0.154. The third kappa shape index (κ3) is 3.74. The summed E-state index contributed by atoms with van der Waals surface area (Å²) in [5.41, 5.74) is 0.430. The fourth-order valence-electron chi connectivity index (χ4n) is 1.55. The summed E-state index contributed by atoms with van der Waals surface area (Å²) in [5, 5.41) is 0. The first-order valence-corrected chi connectivity index (χ1v) is 5.16. The lowest BCUT2D eigenvalue weighted by Crippen LogP contribution is -3.00. The second kappa shape index (κ2) is 5.87. The Morgan fingerprint density at radius 3 is 1.94 bits per heavy atom. The van der Waals surface area contributed by atoms with Crippen LogP contribution < -0.4 is 17.0 Å². The van der Waals surface area contributed by atoms with Crippen molar-refractivity contribution in [3.8, 4) is 0 Å². The molecule has 0 atom stereocenters. The molecule has 1 aromatic carbocycles. The van der Waals surface area contributed by atoms with Crippen molar-refractivity contribution in [1.82, 2.24) is 0 Å². The minimum atomic E-state index is -4.27. The molecule has 96 valence electrons. The molecule has 0 aliphatic carbocycles. The summed E-state index contributed by atoms with van der Waals surface area (Å²) >= 11 is 0. The van der Waals surface area contributed by atoms with Gasteiger partial charge in [-0.1, -0.05) is 30.3 Å². The molecule has 5 heteroatoms. The topological polar surface area (TPSA) is 3.88 Å². The van der Waals surface area contributed by atoms with Crippen LogP contribution in [0.3, 0.4) is 0 Å². The van der Waals surface area contributed by atoms with Gasteiger partial charge in [-0.25, -0.2) is 4.57 Å². The average Bonchev–Trinajstić information content (AvgIpc) is 2.30. The molecule has 0 fully saturated rings. The first-order chi connectivity index (χ1) is 8.05. The van der Waals surface area contributed by atoms with Gasteiger partial charge in [-0.2, -0.15) is 13.2 Å². The number of alkyl halides is 3. The van der Waals surface area contributed by atoms with Crippen LogP contribution in [0, 0.1) is 0 Å². The van der Waals surface area contributed by atoms with Gasteiger partial charge in [0.25, 0.3) is 0 Å². The minimum absolute atomic E-state index is 0. The summed E-state index contributed by atoms with van der Waals surface area (Å²) in [7, 11) is 0. The number of halogens is 4. The van der Waals surface area contributed by atoms with Crippen molar-refractivity contribution in [2.24, 2.45) is 0 Å². The Morgan fingerprint density at radius 1 is 0.889 bits per heavy atom. The third-order valence-electron chi connectivity index (χ3n) is 2.43. The summed E-state index contributed by atoms with van der Waals surface area (Å²) in [6, 6.07) is 11.8. The normalized spacial score (nSPS) is 10.8. The van der Waals surface area contributed by atoms with Gasteiger partial charge in [0.05, 0.1) is 5.56 Å². The van der Waals surface area contributed by atoms with Crippen LogP contribution in [0.1, 0.15) is 11.1 Å². The zero-order valence-corrected chi connectivity index (χ0v) is 10.1. The lowest BCUT2D eigenvalue weighted by Gasteiger charge is -2.04. The van der Waals surface area contributed by atoms with Crippen molar-refractivity contribution in [2.45, 2.75) is 12.7 Å². The van der Waals surface area contributed by atoms with Gasteiger partial charge >= 0.3 is 6.18 Å². The molecular weight excluding hydrogens is 263 g/mol. The van der Waals surface area contributed by atoms with E-state index in [0.717, 1.165) is 17.7 Å². The molecular formula is C13H11ClF3N. The Morgan fingerprint density at radius 2 is 1.44 bits per heavy atom. The highest BCUT2D eigenvalue weighted by atomic mass is 35.5. The maximum atomic E-state index is 12.3. The van der Waals surface area contributed by atoms with E-state index in [1.807, 2.05) is 30.3 Å². The predicted molar refractivity (Wildman–Crippen MR) is 57.2 cm³/mol. The number of aromatic nitrogens is 1. The number of rotatable bonds is 2. The Balaban J connectivity index is 0.00000162. The van der Waals surface area contributed by atoms with Crippen LogP contribution in [-0.4, -0.2) is 0 Å². The van der Waals surface area contributed by atoms with Crippen LogP contribution in [0.25, 0.3) is 0 Å². The van der Waals surface area contributed by atoms with Crippen LogP contribution >= 0.6 is 0 Å². The fourth-order valence-corrected chi connectivity index (χ4v) is 1.55. The van der Waals surface area contributed by atoms with E-state index in [9.17, 15) is 13.2 Å². The average molecular weight is 274 g/mol. The van der Waals surface area contributed by atoms with E-state index in [-0.39, 0.29) is 12.4 Å². The summed E-state index contributed by atoms with van der Waals surface area (Å²) < 4.78 is 38.7. The number of hydrogen-bond acceptors (Lipinski definition) is 0. The third-order valence-corrected chi connectivity index (χ3v) is 2.43. The van der Waals surface area contributed by atoms with Crippen LogP contribution in [0.15, 0.2) is 54.9 Å². The van der Waals surface area contributed by atoms with Crippen molar-refractivity contribution in [1.29, 1.82) is 0 Å². The smallest absolute Gasteiger partial charge is 0.416 e. The zero-order valence-electron chi connectivity index (χ0n) is 9.36. The van der Waals surface area contributed by atoms with E-state index in [2.05, 4.69) is 0 Å². The van der Waals surface area contributed by atoms with E-state index in [1.54, 1.807) is 4.57 Å². The van der Waals surface area contributed by atoms with Crippen LogP contribution in [0.5, 0.6) is 0 Å². The molecule has 1 heterocycles. The first kappa shape index (κ1) is 14.5. The molecule has 2 rings (SSSR count). The highest BCUT2D eigenvalue weighted by Gasteiger charge is 2.31. The second-order valence-electron chi connectivity index (χ2n) is 3.74. The van der Waals surface area contributed by atoms with Crippen molar-refractivity contribution in [2.75, 3.05) is 0 Å². The van der Waals surface area contributed by atoms with Gasteiger partial charge in [0.1, 0.15) is 0 Å². The maximum Gasteiger partial charge on any atom is 0.416 e. The molecule has 0 aliphatic heterocycles. The number of pyridine rings is 1. The maximum absolute atomic E-state index is 12.3. The Bertz CT molecular complexity index is 480. The molecule has 0 N–H and O–H groups in total. The van der Waals surface area contributed by atoms with Gasteiger partial charge in [-0.05, 0) is 0 Å². The lowest BCUT2D eigenvalue weighted by atomic mass is 10.2. The number of hydrogen-bond donors (Lipinski definition) is 0. The van der Waals surface area contributed by atoms with Gasteiger partial charge in [0.15, 0.2) is 18.9 Å². The van der Waals surface area contributed by atoms with E-state index < -0.39 is 11.7 Å². The molecule has 1 aromatic heterocycles. The highest BCUT2D eigenvalue weighted by Crippen LogP contribution is 2.27. The van der Waals surface area contributed by atoms with E-state index in [4.69, 9.17) is 0 Å². The molecule has 0 spiro atoms. The summed E-state index contributed by atoms with van der Waals surface area (Å²) in [6.07, 6.45) is -1.39. The summed E-state index contributed by atoms with van der Waals surface area (Å²) in [4.78, 5) is 0. The van der Waals surface area contributed by atoms with Crippen LogP contribution in [0.4, 0.5) is 13.2 Å². The standard InChI is InChI=1S/C13H11F3N.ClH/c14-13(15,16)12-6-8-17(9-7-12)10-11-4-2-1-3-5-11;/h1-9H,10H2;1H/q+1;/p-1. The highest BCUT2D eigenvalue weighted by molar-refractivity contribution is 5.14. The molecule has 0 saturated heterocycles. The van der Waals surface area contributed by atoms with Gasteiger partial charge in [0, 0.05) is 17.7 Å². The minimum Gasteiger partial charge on any atom is -1.00 e. The SMILES string of the molecule is FC(F)(F)c1cc[n+](Cc2ccccc2)cc1.[Cl-]. The van der Waals surface area contributed by atoms with Gasteiger partial charge < -0.3 is 12.4 Å². The quantitative estimate of drug-likeness (QED) is 0.681. The van der Waals surface area contributed by atoms with Crippen molar-refractivity contribution >= 4 is 0 Å². The second-order valence-corrected chi connectivity index (χ2v) is 3.74. The Labute approximate surface area is 109 Å². The van der Waals surface area contributed by atoms with Gasteiger partial charge in [-0.3, -0.25) is 0 Å². The Kier molecular flexibility index (Phi) is 4.73. The Hall–Kier alpha value is -1.55. The van der Waals surface area contributed by atoms with Gasteiger partial charge in [0.2, 0.25) is 0 Å². The molecule has 18 heavy (non-hydrogen) atoms. The first-order valence-electron chi connectivity index (χ1n) is 5.16. The van der Waals surface area contributed by atoms with Crippen LogP contribution in [0.2, 0.25) is 0 Å². The molecule has 0 amide bonds. The van der Waals surface area contributed by atoms with E-state index in [1.165, 1.54) is 12.4 Å². The van der Waals surface area contributed by atoms with Crippen molar-refractivity contribution < 1.29 is 30.1 Å². The van der Waals surface area contributed by atoms with Crippen LogP contribution in [-0.2, 0) is 12.7 Å². The predicted octanol–water partition coefficient (Wildman–Crippen LogP) is 0.0452. The van der Waals surface area contributed by atoms with Crippen molar-refractivity contribution in [3.05, 3.63) is 66.0 Å². The summed E-state index contributed by atoms with van der Waals surface area (Å²) in [5.74, 6) is 0.